The molecule has 3 aromatic heterocycles. The molecule has 8 heteroatoms. The molecule has 0 atom stereocenters. The summed E-state index contributed by atoms with van der Waals surface area (Å²) in [5.41, 5.74) is 4.24. The highest BCUT2D eigenvalue weighted by Crippen LogP contribution is 2.24. The zero-order valence-electron chi connectivity index (χ0n) is 16.6. The lowest BCUT2D eigenvalue weighted by Gasteiger charge is -2.07. The van der Waals surface area contributed by atoms with E-state index < -0.39 is 11.7 Å². The quantitative estimate of drug-likeness (QED) is 0.488. The molecule has 0 spiro atoms. The average Bonchev–Trinajstić information content (AvgIpc) is 3.20. The van der Waals surface area contributed by atoms with Crippen molar-refractivity contribution in [2.24, 2.45) is 0 Å². The Labute approximate surface area is 176 Å². The zero-order valence-corrected chi connectivity index (χ0v) is 16.6. The van der Waals surface area contributed by atoms with Crippen LogP contribution < -0.4 is 5.32 Å². The highest BCUT2D eigenvalue weighted by Gasteiger charge is 2.14. The number of para-hydroxylation sites is 1. The van der Waals surface area contributed by atoms with Crippen molar-refractivity contribution in [3.63, 3.8) is 0 Å². The lowest BCUT2D eigenvalue weighted by Crippen LogP contribution is -2.19. The molecule has 2 aromatic carbocycles. The Morgan fingerprint density at radius 2 is 1.97 bits per heavy atom. The van der Waals surface area contributed by atoms with E-state index in [1.165, 1.54) is 19.2 Å². The fourth-order valence-electron chi connectivity index (χ4n) is 3.57. The van der Waals surface area contributed by atoms with Gasteiger partial charge in [-0.05, 0) is 35.9 Å². The van der Waals surface area contributed by atoms with Crippen LogP contribution >= 0.6 is 0 Å². The first-order valence-corrected chi connectivity index (χ1v) is 9.69. The summed E-state index contributed by atoms with van der Waals surface area (Å²) in [6, 6.07) is 17.9. The molecular formula is C23H17FN6O. The first-order valence-electron chi connectivity index (χ1n) is 9.69. The molecule has 0 saturated heterocycles. The van der Waals surface area contributed by atoms with Gasteiger partial charge in [-0.25, -0.2) is 14.1 Å². The van der Waals surface area contributed by atoms with Crippen molar-refractivity contribution in [1.29, 1.82) is 0 Å². The first kappa shape index (κ1) is 18.8. The minimum Gasteiger partial charge on any atom is -0.355 e. The monoisotopic (exact) mass is 412 g/mol. The Morgan fingerprint density at radius 3 is 2.81 bits per heavy atom. The number of hydrogen-bond acceptors (Lipinski definition) is 5. The second-order valence-corrected chi connectivity index (χ2v) is 7.05. The number of benzene rings is 2. The molecule has 5 aromatic rings. The molecule has 0 radical (unpaired) electrons. The predicted octanol–water partition coefficient (Wildman–Crippen LogP) is 3.59. The van der Waals surface area contributed by atoms with Gasteiger partial charge in [-0.1, -0.05) is 35.5 Å². The maximum Gasteiger partial charge on any atom is 0.253 e. The molecule has 0 aliphatic carbocycles. The minimum atomic E-state index is -0.604. The van der Waals surface area contributed by atoms with Gasteiger partial charge < -0.3 is 5.32 Å². The van der Waals surface area contributed by atoms with E-state index in [0.717, 1.165) is 16.5 Å². The number of amides is 1. The van der Waals surface area contributed by atoms with Crippen molar-refractivity contribution in [3.05, 3.63) is 83.8 Å². The van der Waals surface area contributed by atoms with E-state index in [2.05, 4.69) is 25.6 Å². The molecule has 0 saturated carbocycles. The Kier molecular flexibility index (Phi) is 4.59. The molecule has 31 heavy (non-hydrogen) atoms. The number of nitrogens with zero attached hydrogens (tertiary/aromatic N) is 5. The number of pyridine rings is 2. The SMILES string of the molecule is CNC(=O)c1ccc(-c2ccc3nnn(Cc4cccc5cccnc45)c3n2)cc1F. The molecule has 7 nitrogen and oxygen atoms in total. The summed E-state index contributed by atoms with van der Waals surface area (Å²) in [6.45, 7) is 0.450. The maximum absolute atomic E-state index is 14.4. The van der Waals surface area contributed by atoms with Gasteiger partial charge in [-0.15, -0.1) is 5.10 Å². The lowest BCUT2D eigenvalue weighted by molar-refractivity contribution is 0.0959. The topological polar surface area (TPSA) is 85.6 Å². The Balaban J connectivity index is 1.54. The maximum atomic E-state index is 14.4. The van der Waals surface area contributed by atoms with Crippen LogP contribution in [0, 0.1) is 5.82 Å². The van der Waals surface area contributed by atoms with Gasteiger partial charge in [0, 0.05) is 24.2 Å². The molecule has 5 rings (SSSR count). The van der Waals surface area contributed by atoms with E-state index in [1.807, 2.05) is 30.3 Å². The summed E-state index contributed by atoms with van der Waals surface area (Å²) >= 11 is 0. The second-order valence-electron chi connectivity index (χ2n) is 7.05. The average molecular weight is 412 g/mol. The van der Waals surface area contributed by atoms with Crippen LogP contribution in [-0.2, 0) is 6.54 Å². The van der Waals surface area contributed by atoms with Crippen LogP contribution in [0.25, 0.3) is 33.3 Å². The van der Waals surface area contributed by atoms with E-state index in [4.69, 9.17) is 0 Å². The highest BCUT2D eigenvalue weighted by atomic mass is 19.1. The molecule has 3 heterocycles. The Morgan fingerprint density at radius 1 is 1.10 bits per heavy atom. The van der Waals surface area contributed by atoms with Gasteiger partial charge in [0.15, 0.2) is 5.65 Å². The summed E-state index contributed by atoms with van der Waals surface area (Å²) in [5, 5.41) is 11.9. The first-order chi connectivity index (χ1) is 15.1. The number of hydrogen-bond donors (Lipinski definition) is 1. The largest absolute Gasteiger partial charge is 0.355 e. The van der Waals surface area contributed by atoms with Crippen LogP contribution in [0.1, 0.15) is 15.9 Å². The molecule has 0 fully saturated rings. The summed E-state index contributed by atoms with van der Waals surface area (Å²) in [4.78, 5) is 20.9. The van der Waals surface area contributed by atoms with Gasteiger partial charge in [-0.3, -0.25) is 9.78 Å². The number of nitrogens with one attached hydrogen (secondary N) is 1. The van der Waals surface area contributed by atoms with Gasteiger partial charge in [0.25, 0.3) is 5.91 Å². The molecule has 0 unspecified atom stereocenters. The van der Waals surface area contributed by atoms with Crippen molar-refractivity contribution in [3.8, 4) is 11.3 Å². The van der Waals surface area contributed by atoms with Gasteiger partial charge in [-0.2, -0.15) is 0 Å². The Bertz CT molecular complexity index is 1440. The second kappa shape index (κ2) is 7.56. The van der Waals surface area contributed by atoms with E-state index >= 15 is 0 Å². The summed E-state index contributed by atoms with van der Waals surface area (Å²) < 4.78 is 16.1. The van der Waals surface area contributed by atoms with Gasteiger partial charge >= 0.3 is 0 Å². The van der Waals surface area contributed by atoms with Crippen LogP contribution in [0.5, 0.6) is 0 Å². The van der Waals surface area contributed by atoms with Gasteiger partial charge in [0.05, 0.1) is 23.3 Å². The van der Waals surface area contributed by atoms with Crippen molar-refractivity contribution in [2.45, 2.75) is 6.54 Å². The molecular weight excluding hydrogens is 395 g/mol. The standard InChI is InChI=1S/C23H17FN6O/c1-25-23(31)17-8-7-15(12-18(17)24)19-9-10-20-22(27-19)30(29-28-20)13-16-5-2-4-14-6-3-11-26-21(14)16/h2-12H,13H2,1H3,(H,25,31). The fraction of sp³-hybridized carbons (Fsp3) is 0.0870. The van der Waals surface area contributed by atoms with Gasteiger partial charge in [0.2, 0.25) is 0 Å². The van der Waals surface area contributed by atoms with Crippen LogP contribution in [0.2, 0.25) is 0 Å². The van der Waals surface area contributed by atoms with Crippen LogP contribution in [0.15, 0.2) is 66.9 Å². The molecule has 0 bridgehead atoms. The summed E-state index contributed by atoms with van der Waals surface area (Å²) in [6.07, 6.45) is 1.76. The summed E-state index contributed by atoms with van der Waals surface area (Å²) in [5.74, 6) is -1.08. The van der Waals surface area contributed by atoms with Crippen molar-refractivity contribution >= 4 is 28.0 Å². The van der Waals surface area contributed by atoms with E-state index in [-0.39, 0.29) is 5.56 Å². The third-order valence-corrected chi connectivity index (χ3v) is 5.13. The number of halogens is 1. The normalized spacial score (nSPS) is 11.2. The van der Waals surface area contributed by atoms with Gasteiger partial charge in [0.1, 0.15) is 11.3 Å². The summed E-state index contributed by atoms with van der Waals surface area (Å²) in [7, 11) is 1.46. The fourth-order valence-corrected chi connectivity index (χ4v) is 3.57. The van der Waals surface area contributed by atoms with Crippen molar-refractivity contribution in [1.82, 2.24) is 30.3 Å². The number of rotatable bonds is 4. The van der Waals surface area contributed by atoms with E-state index in [0.29, 0.717) is 29.0 Å². The van der Waals surface area contributed by atoms with Crippen LogP contribution in [0.3, 0.4) is 0 Å². The number of aromatic nitrogens is 5. The van der Waals surface area contributed by atoms with Crippen LogP contribution in [0.4, 0.5) is 4.39 Å². The van der Waals surface area contributed by atoms with Crippen molar-refractivity contribution < 1.29 is 9.18 Å². The lowest BCUT2D eigenvalue weighted by atomic mass is 10.1. The number of carbonyl (C=O) groups is 1. The van der Waals surface area contributed by atoms with Crippen LogP contribution in [-0.4, -0.2) is 37.9 Å². The molecule has 0 aliphatic rings. The van der Waals surface area contributed by atoms with Crippen molar-refractivity contribution in [2.75, 3.05) is 7.05 Å². The number of fused-ring (bicyclic) bond motifs is 2. The molecule has 0 aliphatic heterocycles. The molecule has 1 amide bonds. The highest BCUT2D eigenvalue weighted by molar-refractivity contribution is 5.94. The van der Waals surface area contributed by atoms with E-state index in [1.54, 1.807) is 29.1 Å². The zero-order chi connectivity index (χ0) is 21.4. The smallest absolute Gasteiger partial charge is 0.253 e. The number of carbonyl (C=O) groups excluding carboxylic acids is 1. The third kappa shape index (κ3) is 3.38. The Hall–Kier alpha value is -4.20. The van der Waals surface area contributed by atoms with E-state index in [9.17, 15) is 9.18 Å². The third-order valence-electron chi connectivity index (χ3n) is 5.13. The predicted molar refractivity (Wildman–Crippen MR) is 115 cm³/mol. The molecule has 1 N–H and O–H groups in total. The molecule has 152 valence electrons. The minimum absolute atomic E-state index is 0.0116.